The van der Waals surface area contributed by atoms with E-state index in [-0.39, 0.29) is 16.7 Å². The van der Waals surface area contributed by atoms with Crippen molar-refractivity contribution in [3.05, 3.63) is 23.8 Å². The number of hydrogen-bond donors (Lipinski definition) is 0. The number of carbonyl (C=O) groups excluding carboxylic acids is 2. The second kappa shape index (κ2) is 7.48. The van der Waals surface area contributed by atoms with Crippen LogP contribution in [-0.4, -0.2) is 61.7 Å². The van der Waals surface area contributed by atoms with Gasteiger partial charge in [0.1, 0.15) is 6.04 Å². The number of likely N-dealkylation sites (tertiary alicyclic amines) is 1. The Morgan fingerprint density at radius 2 is 1.61 bits per heavy atom. The highest BCUT2D eigenvalue weighted by molar-refractivity contribution is 7.89. The van der Waals surface area contributed by atoms with Crippen LogP contribution in [0.15, 0.2) is 23.1 Å². The van der Waals surface area contributed by atoms with Crippen LogP contribution in [0.2, 0.25) is 0 Å². The molecule has 1 aromatic rings. The minimum Gasteiger partial charge on any atom is -0.341 e. The molecule has 152 valence electrons. The minimum absolute atomic E-state index is 0.0324. The van der Waals surface area contributed by atoms with Crippen LogP contribution in [0.3, 0.4) is 0 Å². The quantitative estimate of drug-likeness (QED) is 0.768. The van der Waals surface area contributed by atoms with Gasteiger partial charge in [0.05, 0.1) is 4.90 Å². The summed E-state index contributed by atoms with van der Waals surface area (Å²) in [5.41, 5.74) is 1.41. The largest absolute Gasteiger partial charge is 0.341 e. The third kappa shape index (κ3) is 3.33. The number of sulfonamides is 1. The third-order valence-corrected chi connectivity index (χ3v) is 7.92. The third-order valence-electron chi connectivity index (χ3n) is 6.03. The summed E-state index contributed by atoms with van der Waals surface area (Å²) in [4.78, 5) is 29.0. The lowest BCUT2D eigenvalue weighted by atomic mass is 10.1. The Balaban J connectivity index is 1.64. The van der Waals surface area contributed by atoms with E-state index in [1.807, 2.05) is 4.90 Å². The fourth-order valence-electron chi connectivity index (χ4n) is 4.58. The number of nitrogens with zero attached hydrogens (tertiary/aromatic N) is 3. The zero-order valence-electron chi connectivity index (χ0n) is 16.3. The maximum atomic E-state index is 13.1. The summed E-state index contributed by atoms with van der Waals surface area (Å²) in [6.45, 7) is 4.02. The lowest BCUT2D eigenvalue weighted by Crippen LogP contribution is -2.50. The van der Waals surface area contributed by atoms with Gasteiger partial charge in [-0.2, -0.15) is 4.31 Å². The van der Waals surface area contributed by atoms with Gasteiger partial charge in [-0.1, -0.05) is 0 Å². The first kappa shape index (κ1) is 19.4. The summed E-state index contributed by atoms with van der Waals surface area (Å²) in [6.07, 6.45) is 5.24. The molecule has 7 nitrogen and oxygen atoms in total. The first-order valence-electron chi connectivity index (χ1n) is 10.1. The van der Waals surface area contributed by atoms with Crippen molar-refractivity contribution < 1.29 is 18.0 Å². The van der Waals surface area contributed by atoms with E-state index in [1.165, 1.54) is 11.2 Å². The molecule has 0 spiro atoms. The molecule has 28 heavy (non-hydrogen) atoms. The van der Waals surface area contributed by atoms with Crippen LogP contribution in [0.1, 0.15) is 44.6 Å². The summed E-state index contributed by atoms with van der Waals surface area (Å²) in [5, 5.41) is 0. The summed E-state index contributed by atoms with van der Waals surface area (Å²) in [6, 6.07) is 4.33. The normalized spacial score (nSPS) is 23.1. The minimum atomic E-state index is -3.52. The Bertz CT molecular complexity index is 887. The van der Waals surface area contributed by atoms with Crippen molar-refractivity contribution in [2.24, 2.45) is 0 Å². The molecule has 0 aliphatic carbocycles. The van der Waals surface area contributed by atoms with Crippen molar-refractivity contribution in [3.8, 4) is 0 Å². The molecule has 3 aliphatic rings. The fraction of sp³-hybridized carbons (Fsp3) is 0.600. The van der Waals surface area contributed by atoms with Gasteiger partial charge in [-0.05, 0) is 55.9 Å². The Labute approximate surface area is 166 Å². The van der Waals surface area contributed by atoms with E-state index in [2.05, 4.69) is 0 Å². The van der Waals surface area contributed by atoms with Crippen LogP contribution in [0, 0.1) is 0 Å². The molecule has 3 aliphatic heterocycles. The van der Waals surface area contributed by atoms with Crippen molar-refractivity contribution in [2.45, 2.75) is 56.4 Å². The summed E-state index contributed by atoms with van der Waals surface area (Å²) in [5.74, 6) is -0.223. The van der Waals surface area contributed by atoms with Crippen LogP contribution in [0.5, 0.6) is 0 Å². The van der Waals surface area contributed by atoms with Gasteiger partial charge in [-0.15, -0.1) is 0 Å². The molecule has 1 aromatic carbocycles. The number of carbonyl (C=O) groups is 2. The van der Waals surface area contributed by atoms with E-state index >= 15 is 0 Å². The van der Waals surface area contributed by atoms with Gasteiger partial charge in [-0.25, -0.2) is 8.42 Å². The van der Waals surface area contributed by atoms with E-state index in [0.29, 0.717) is 25.2 Å². The maximum absolute atomic E-state index is 13.1. The van der Waals surface area contributed by atoms with Crippen LogP contribution in [-0.2, 0) is 26.0 Å². The molecular formula is C20H27N3O4S. The molecule has 4 rings (SSSR count). The van der Waals surface area contributed by atoms with E-state index in [1.54, 1.807) is 23.1 Å². The number of benzene rings is 1. The smallest absolute Gasteiger partial charge is 0.246 e. The predicted octanol–water partition coefficient (Wildman–Crippen LogP) is 1.76. The maximum Gasteiger partial charge on any atom is 0.246 e. The van der Waals surface area contributed by atoms with Crippen molar-refractivity contribution in [3.63, 3.8) is 0 Å². The zero-order chi connectivity index (χ0) is 19.9. The van der Waals surface area contributed by atoms with Gasteiger partial charge in [0.2, 0.25) is 21.8 Å². The highest BCUT2D eigenvalue weighted by Gasteiger charge is 2.40. The molecule has 0 radical (unpaired) electrons. The van der Waals surface area contributed by atoms with Gasteiger partial charge in [0.25, 0.3) is 0 Å². The van der Waals surface area contributed by atoms with E-state index in [4.69, 9.17) is 0 Å². The first-order chi connectivity index (χ1) is 13.4. The average Bonchev–Trinajstić information content (AvgIpc) is 3.35. The van der Waals surface area contributed by atoms with E-state index in [0.717, 1.165) is 50.8 Å². The summed E-state index contributed by atoms with van der Waals surface area (Å²) < 4.78 is 27.3. The molecule has 0 bridgehead atoms. The molecule has 3 heterocycles. The fourth-order valence-corrected chi connectivity index (χ4v) is 6.15. The molecular weight excluding hydrogens is 378 g/mol. The Kier molecular flexibility index (Phi) is 5.18. The second-order valence-corrected chi connectivity index (χ2v) is 9.83. The number of piperidine rings is 1. The molecule has 1 atom stereocenters. The number of amides is 2. The van der Waals surface area contributed by atoms with Crippen LogP contribution >= 0.6 is 0 Å². The van der Waals surface area contributed by atoms with Crippen LogP contribution < -0.4 is 4.90 Å². The number of hydrogen-bond acceptors (Lipinski definition) is 4. The highest BCUT2D eigenvalue weighted by Crippen LogP contribution is 2.36. The highest BCUT2D eigenvalue weighted by atomic mass is 32.2. The summed E-state index contributed by atoms with van der Waals surface area (Å²) in [7, 11) is -3.52. The number of fused-ring (bicyclic) bond motifs is 1. The number of rotatable bonds is 3. The van der Waals surface area contributed by atoms with Gasteiger partial charge in [0.15, 0.2) is 0 Å². The molecule has 2 saturated heterocycles. The SMILES string of the molecule is CC(=O)N1c2ccc(S(=O)(=O)N3CCCC3)cc2CC1C(=O)N1CCCCC1. The Morgan fingerprint density at radius 3 is 2.25 bits per heavy atom. The zero-order valence-corrected chi connectivity index (χ0v) is 17.1. The van der Waals surface area contributed by atoms with Gasteiger partial charge < -0.3 is 4.90 Å². The average molecular weight is 406 g/mol. The molecule has 1 unspecified atom stereocenters. The van der Waals surface area contributed by atoms with Gasteiger partial charge in [0, 0.05) is 45.2 Å². The Hall–Kier alpha value is -1.93. The van der Waals surface area contributed by atoms with Crippen molar-refractivity contribution in [1.82, 2.24) is 9.21 Å². The van der Waals surface area contributed by atoms with Crippen molar-refractivity contribution >= 4 is 27.5 Å². The molecule has 2 amide bonds. The van der Waals surface area contributed by atoms with Crippen LogP contribution in [0.4, 0.5) is 5.69 Å². The lowest BCUT2D eigenvalue weighted by Gasteiger charge is -2.32. The molecule has 8 heteroatoms. The topological polar surface area (TPSA) is 78.0 Å². The van der Waals surface area contributed by atoms with Crippen molar-refractivity contribution in [1.29, 1.82) is 0 Å². The summed E-state index contributed by atoms with van der Waals surface area (Å²) >= 11 is 0. The van der Waals surface area contributed by atoms with Crippen LogP contribution in [0.25, 0.3) is 0 Å². The standard InChI is InChI=1S/C20H27N3O4S/c1-15(24)23-18-8-7-17(28(26,27)22-11-5-6-12-22)13-16(18)14-19(23)20(25)21-9-3-2-4-10-21/h7-8,13,19H,2-6,9-12,14H2,1H3. The van der Waals surface area contributed by atoms with Gasteiger partial charge >= 0.3 is 0 Å². The lowest BCUT2D eigenvalue weighted by molar-refractivity contribution is -0.135. The molecule has 0 N–H and O–H groups in total. The van der Waals surface area contributed by atoms with Gasteiger partial charge in [-0.3, -0.25) is 14.5 Å². The first-order valence-corrected chi connectivity index (χ1v) is 11.6. The Morgan fingerprint density at radius 1 is 0.964 bits per heavy atom. The predicted molar refractivity (Wildman–Crippen MR) is 106 cm³/mol. The van der Waals surface area contributed by atoms with Crippen molar-refractivity contribution in [2.75, 3.05) is 31.1 Å². The number of anilines is 1. The molecule has 0 saturated carbocycles. The monoisotopic (exact) mass is 405 g/mol. The van der Waals surface area contributed by atoms with E-state index < -0.39 is 16.1 Å². The molecule has 2 fully saturated rings. The second-order valence-electron chi connectivity index (χ2n) is 7.90. The van der Waals surface area contributed by atoms with E-state index in [9.17, 15) is 18.0 Å². The molecule has 0 aromatic heterocycles.